The van der Waals surface area contributed by atoms with Crippen molar-refractivity contribution in [3.63, 3.8) is 0 Å². The van der Waals surface area contributed by atoms with Gasteiger partial charge in [0.25, 0.3) is 0 Å². The molecule has 0 amide bonds. The third-order valence-electron chi connectivity index (χ3n) is 2.58. The van der Waals surface area contributed by atoms with Crippen molar-refractivity contribution in [3.8, 4) is 0 Å². The van der Waals surface area contributed by atoms with Crippen LogP contribution in [0.1, 0.15) is 40.5 Å². The van der Waals surface area contributed by atoms with Crippen molar-refractivity contribution in [2.75, 3.05) is 20.1 Å². The Labute approximate surface area is 83.7 Å². The Bertz CT molecular complexity index is 113. The van der Waals surface area contributed by atoms with Crippen LogP contribution < -0.4 is 5.32 Å². The van der Waals surface area contributed by atoms with Gasteiger partial charge in [-0.2, -0.15) is 0 Å². The molecule has 80 valence electrons. The zero-order valence-electron chi connectivity index (χ0n) is 9.93. The van der Waals surface area contributed by atoms with Gasteiger partial charge in [0, 0.05) is 12.1 Å². The average Bonchev–Trinajstić information content (AvgIpc) is 2.04. The molecule has 1 N–H and O–H groups in total. The van der Waals surface area contributed by atoms with Crippen LogP contribution in [-0.2, 0) is 0 Å². The molecule has 0 aromatic rings. The normalized spacial score (nSPS) is 14.1. The predicted octanol–water partition coefficient (Wildman–Crippen LogP) is 2.10. The van der Waals surface area contributed by atoms with Crippen LogP contribution in [0, 0.1) is 0 Å². The van der Waals surface area contributed by atoms with Gasteiger partial charge in [0.2, 0.25) is 0 Å². The van der Waals surface area contributed by atoms with E-state index < -0.39 is 0 Å². The van der Waals surface area contributed by atoms with Gasteiger partial charge in [-0.15, -0.1) is 0 Å². The molecular weight excluding hydrogens is 160 g/mol. The van der Waals surface area contributed by atoms with Crippen LogP contribution in [0.3, 0.4) is 0 Å². The van der Waals surface area contributed by atoms with Crippen molar-refractivity contribution in [1.29, 1.82) is 0 Å². The van der Waals surface area contributed by atoms with Crippen LogP contribution in [0.5, 0.6) is 0 Å². The van der Waals surface area contributed by atoms with E-state index in [0.717, 1.165) is 6.54 Å². The number of hydrogen-bond acceptors (Lipinski definition) is 2. The van der Waals surface area contributed by atoms with E-state index in [9.17, 15) is 0 Å². The molecule has 0 aliphatic heterocycles. The summed E-state index contributed by atoms with van der Waals surface area (Å²) in [5.41, 5.74) is 0. The molecule has 0 rings (SSSR count). The van der Waals surface area contributed by atoms with Crippen molar-refractivity contribution < 1.29 is 0 Å². The molecule has 0 aliphatic rings. The first-order valence-corrected chi connectivity index (χ1v) is 5.51. The first-order valence-electron chi connectivity index (χ1n) is 5.51. The van der Waals surface area contributed by atoms with Crippen LogP contribution in [0.15, 0.2) is 0 Å². The summed E-state index contributed by atoms with van der Waals surface area (Å²) in [6.45, 7) is 11.2. The van der Waals surface area contributed by atoms with Crippen molar-refractivity contribution >= 4 is 0 Å². The highest BCUT2D eigenvalue weighted by atomic mass is 15.1. The second-order valence-corrected chi connectivity index (χ2v) is 4.18. The van der Waals surface area contributed by atoms with E-state index in [2.05, 4.69) is 45.0 Å². The summed E-state index contributed by atoms with van der Waals surface area (Å²) in [6, 6.07) is 1.35. The number of nitrogens with zero attached hydrogens (tertiary/aromatic N) is 1. The molecule has 0 heterocycles. The van der Waals surface area contributed by atoms with Crippen molar-refractivity contribution in [2.45, 2.75) is 52.6 Å². The lowest BCUT2D eigenvalue weighted by atomic mass is 10.1. The molecule has 0 aromatic carbocycles. The van der Waals surface area contributed by atoms with Crippen molar-refractivity contribution in [3.05, 3.63) is 0 Å². The molecule has 0 bridgehead atoms. The minimum absolute atomic E-state index is 0.672. The van der Waals surface area contributed by atoms with Gasteiger partial charge in [-0.3, -0.25) is 0 Å². The average molecular weight is 186 g/mol. The Morgan fingerprint density at radius 3 is 2.31 bits per heavy atom. The molecular formula is C11H26N2. The molecule has 0 aromatic heterocycles. The largest absolute Gasteiger partial charge is 0.315 e. The molecule has 2 heteroatoms. The highest BCUT2D eigenvalue weighted by Crippen LogP contribution is 2.00. The first-order chi connectivity index (χ1) is 6.07. The lowest BCUT2D eigenvalue weighted by Crippen LogP contribution is -2.30. The molecule has 0 fully saturated rings. The Hall–Kier alpha value is -0.0800. The SMILES string of the molecule is CCNC(C)CCCN(C)C(C)C. The molecule has 0 aliphatic carbocycles. The van der Waals surface area contributed by atoms with Crippen LogP contribution in [0.2, 0.25) is 0 Å². The van der Waals surface area contributed by atoms with E-state index in [1.54, 1.807) is 0 Å². The van der Waals surface area contributed by atoms with E-state index in [4.69, 9.17) is 0 Å². The monoisotopic (exact) mass is 186 g/mol. The van der Waals surface area contributed by atoms with Gasteiger partial charge in [0.05, 0.1) is 0 Å². The molecule has 13 heavy (non-hydrogen) atoms. The second-order valence-electron chi connectivity index (χ2n) is 4.18. The van der Waals surface area contributed by atoms with Gasteiger partial charge in [-0.25, -0.2) is 0 Å². The maximum absolute atomic E-state index is 3.43. The zero-order chi connectivity index (χ0) is 10.3. The minimum Gasteiger partial charge on any atom is -0.315 e. The van der Waals surface area contributed by atoms with Crippen LogP contribution in [-0.4, -0.2) is 37.1 Å². The zero-order valence-corrected chi connectivity index (χ0v) is 9.93. The Morgan fingerprint density at radius 2 is 1.85 bits per heavy atom. The standard InChI is InChI=1S/C11H26N2/c1-6-12-11(4)8-7-9-13(5)10(2)3/h10-12H,6-9H2,1-5H3. The fraction of sp³-hybridized carbons (Fsp3) is 1.00. The first kappa shape index (κ1) is 12.9. The number of rotatable bonds is 7. The molecule has 0 radical (unpaired) electrons. The summed E-state index contributed by atoms with van der Waals surface area (Å²) in [6.07, 6.45) is 2.58. The number of hydrogen-bond donors (Lipinski definition) is 1. The molecule has 1 unspecified atom stereocenters. The summed E-state index contributed by atoms with van der Waals surface area (Å²) >= 11 is 0. The quantitative estimate of drug-likeness (QED) is 0.655. The maximum Gasteiger partial charge on any atom is 0.00390 e. The summed E-state index contributed by atoms with van der Waals surface area (Å²) in [7, 11) is 2.20. The third-order valence-corrected chi connectivity index (χ3v) is 2.58. The molecule has 2 nitrogen and oxygen atoms in total. The minimum atomic E-state index is 0.672. The second kappa shape index (κ2) is 7.34. The lowest BCUT2D eigenvalue weighted by molar-refractivity contribution is 0.264. The molecule has 0 spiro atoms. The molecule has 0 saturated carbocycles. The summed E-state index contributed by atoms with van der Waals surface area (Å²) in [5, 5.41) is 3.43. The highest BCUT2D eigenvalue weighted by Gasteiger charge is 2.04. The van der Waals surface area contributed by atoms with E-state index in [0.29, 0.717) is 12.1 Å². The van der Waals surface area contributed by atoms with Gasteiger partial charge in [-0.05, 0) is 53.8 Å². The summed E-state index contributed by atoms with van der Waals surface area (Å²) in [5.74, 6) is 0. The Kier molecular flexibility index (Phi) is 7.29. The molecule has 1 atom stereocenters. The Balaban J connectivity index is 3.33. The van der Waals surface area contributed by atoms with Crippen LogP contribution in [0.25, 0.3) is 0 Å². The van der Waals surface area contributed by atoms with Gasteiger partial charge in [0.15, 0.2) is 0 Å². The molecule has 0 saturated heterocycles. The smallest absolute Gasteiger partial charge is 0.00390 e. The Morgan fingerprint density at radius 1 is 1.23 bits per heavy atom. The van der Waals surface area contributed by atoms with E-state index in [1.165, 1.54) is 19.4 Å². The fourth-order valence-corrected chi connectivity index (χ4v) is 1.36. The maximum atomic E-state index is 3.43. The highest BCUT2D eigenvalue weighted by molar-refractivity contribution is 4.62. The van der Waals surface area contributed by atoms with E-state index >= 15 is 0 Å². The fourth-order valence-electron chi connectivity index (χ4n) is 1.36. The summed E-state index contributed by atoms with van der Waals surface area (Å²) in [4.78, 5) is 2.40. The van der Waals surface area contributed by atoms with Gasteiger partial charge < -0.3 is 10.2 Å². The van der Waals surface area contributed by atoms with E-state index in [-0.39, 0.29) is 0 Å². The van der Waals surface area contributed by atoms with Gasteiger partial charge in [0.1, 0.15) is 0 Å². The predicted molar refractivity (Wildman–Crippen MR) is 60.1 cm³/mol. The van der Waals surface area contributed by atoms with E-state index in [1.807, 2.05) is 0 Å². The van der Waals surface area contributed by atoms with Gasteiger partial charge >= 0.3 is 0 Å². The van der Waals surface area contributed by atoms with Crippen LogP contribution in [0.4, 0.5) is 0 Å². The van der Waals surface area contributed by atoms with Gasteiger partial charge in [-0.1, -0.05) is 6.92 Å². The van der Waals surface area contributed by atoms with Crippen LogP contribution >= 0.6 is 0 Å². The van der Waals surface area contributed by atoms with Crippen molar-refractivity contribution in [2.24, 2.45) is 0 Å². The van der Waals surface area contributed by atoms with Crippen molar-refractivity contribution in [1.82, 2.24) is 10.2 Å². The topological polar surface area (TPSA) is 15.3 Å². The number of nitrogens with one attached hydrogen (secondary N) is 1. The summed E-state index contributed by atoms with van der Waals surface area (Å²) < 4.78 is 0. The third kappa shape index (κ3) is 7.03. The lowest BCUT2D eigenvalue weighted by Gasteiger charge is -2.21.